The number of benzene rings is 1. The molecule has 0 aliphatic rings. The molecule has 0 saturated carbocycles. The fourth-order valence-corrected chi connectivity index (χ4v) is 3.03. The van der Waals surface area contributed by atoms with Crippen LogP contribution in [0.4, 0.5) is 0 Å². The monoisotopic (exact) mass is 294 g/mol. The Balaban J connectivity index is 2.16. The van der Waals surface area contributed by atoms with Crippen molar-refractivity contribution in [3.63, 3.8) is 0 Å². The number of hydrogen-bond donors (Lipinski definition) is 1. The van der Waals surface area contributed by atoms with Crippen molar-refractivity contribution in [2.75, 3.05) is 7.05 Å². The lowest BCUT2D eigenvalue weighted by Crippen LogP contribution is -2.27. The molecule has 0 bridgehead atoms. The van der Waals surface area contributed by atoms with Crippen molar-refractivity contribution in [1.82, 2.24) is 19.5 Å². The van der Waals surface area contributed by atoms with E-state index in [0.29, 0.717) is 10.7 Å². The lowest BCUT2D eigenvalue weighted by molar-refractivity contribution is 0.457. The molecule has 6 nitrogen and oxygen atoms in total. The highest BCUT2D eigenvalue weighted by Gasteiger charge is 2.21. The minimum Gasteiger partial charge on any atom is -0.262 e. The van der Waals surface area contributed by atoms with Crippen LogP contribution in [0.1, 0.15) is 24.7 Å². The summed E-state index contributed by atoms with van der Waals surface area (Å²) in [5, 5.41) is 6.35. The van der Waals surface area contributed by atoms with Gasteiger partial charge in [-0.2, -0.15) is 9.40 Å². The van der Waals surface area contributed by atoms with Crippen molar-refractivity contribution in [1.29, 1.82) is 0 Å². The largest absolute Gasteiger partial charge is 0.262 e. The Morgan fingerprint density at radius 1 is 1.25 bits per heavy atom. The molecule has 1 N–H and O–H groups in total. The van der Waals surface area contributed by atoms with Gasteiger partial charge >= 0.3 is 0 Å². The molecule has 1 aromatic heterocycles. The van der Waals surface area contributed by atoms with E-state index in [0.717, 1.165) is 18.4 Å². The molecule has 0 unspecified atom stereocenters. The summed E-state index contributed by atoms with van der Waals surface area (Å²) in [5.74, 6) is 0.513. The van der Waals surface area contributed by atoms with E-state index >= 15 is 0 Å². The average Bonchev–Trinajstić information content (AvgIpc) is 2.92. The van der Waals surface area contributed by atoms with E-state index in [2.05, 4.69) is 22.1 Å². The maximum atomic E-state index is 12.4. The lowest BCUT2D eigenvalue weighted by Gasteiger charge is -2.16. The lowest BCUT2D eigenvalue weighted by atomic mass is 10.1. The molecule has 0 spiro atoms. The minimum atomic E-state index is -3.50. The molecule has 7 heteroatoms. The highest BCUT2D eigenvalue weighted by atomic mass is 32.2. The number of rotatable bonds is 6. The summed E-state index contributed by atoms with van der Waals surface area (Å²) in [5.41, 5.74) is 1.14. The first kappa shape index (κ1) is 14.7. The van der Waals surface area contributed by atoms with Gasteiger partial charge < -0.3 is 0 Å². The van der Waals surface area contributed by atoms with Crippen molar-refractivity contribution in [3.05, 3.63) is 42.0 Å². The summed E-state index contributed by atoms with van der Waals surface area (Å²) in [6.45, 7) is 2.26. The smallest absolute Gasteiger partial charge is 0.243 e. The summed E-state index contributed by atoms with van der Waals surface area (Å²) in [4.78, 5) is 4.22. The van der Waals surface area contributed by atoms with Crippen LogP contribution in [-0.2, 0) is 23.0 Å². The van der Waals surface area contributed by atoms with E-state index in [1.807, 2.05) is 12.1 Å². The van der Waals surface area contributed by atoms with Crippen molar-refractivity contribution >= 4 is 10.0 Å². The molecular weight excluding hydrogens is 276 g/mol. The van der Waals surface area contributed by atoms with Crippen molar-refractivity contribution in [2.45, 2.75) is 31.2 Å². The van der Waals surface area contributed by atoms with E-state index in [9.17, 15) is 8.42 Å². The highest BCUT2D eigenvalue weighted by molar-refractivity contribution is 7.89. The molecule has 0 fully saturated rings. The molecule has 2 aromatic rings. The SMILES string of the molecule is CCCc1ccc(S(=O)(=O)N(C)Cc2ncn[nH]2)cc1. The Hall–Kier alpha value is -1.73. The number of aromatic nitrogens is 3. The second kappa shape index (κ2) is 6.15. The van der Waals surface area contributed by atoms with Gasteiger partial charge in [-0.3, -0.25) is 5.10 Å². The fraction of sp³-hybridized carbons (Fsp3) is 0.385. The Morgan fingerprint density at radius 2 is 1.95 bits per heavy atom. The normalized spacial score (nSPS) is 11.9. The van der Waals surface area contributed by atoms with Crippen LogP contribution in [0.5, 0.6) is 0 Å². The zero-order chi connectivity index (χ0) is 14.6. The van der Waals surface area contributed by atoms with Gasteiger partial charge in [0, 0.05) is 7.05 Å². The van der Waals surface area contributed by atoms with Crippen molar-refractivity contribution in [3.8, 4) is 0 Å². The zero-order valence-corrected chi connectivity index (χ0v) is 12.4. The second-order valence-electron chi connectivity index (χ2n) is 4.59. The molecule has 0 saturated heterocycles. The Morgan fingerprint density at radius 3 is 2.50 bits per heavy atom. The zero-order valence-electron chi connectivity index (χ0n) is 11.6. The van der Waals surface area contributed by atoms with Crippen molar-refractivity contribution < 1.29 is 8.42 Å². The van der Waals surface area contributed by atoms with Gasteiger partial charge in [-0.15, -0.1) is 0 Å². The first-order chi connectivity index (χ1) is 9.54. The summed E-state index contributed by atoms with van der Waals surface area (Å²) < 4.78 is 26.0. The number of nitrogens with zero attached hydrogens (tertiary/aromatic N) is 3. The molecule has 108 valence electrons. The van der Waals surface area contributed by atoms with Gasteiger partial charge in [-0.25, -0.2) is 13.4 Å². The van der Waals surface area contributed by atoms with Gasteiger partial charge in [0.05, 0.1) is 11.4 Å². The van der Waals surface area contributed by atoms with Crippen LogP contribution in [0.2, 0.25) is 0 Å². The van der Waals surface area contributed by atoms with Gasteiger partial charge in [-0.1, -0.05) is 25.5 Å². The quantitative estimate of drug-likeness (QED) is 0.877. The van der Waals surface area contributed by atoms with Crippen LogP contribution in [-0.4, -0.2) is 35.0 Å². The van der Waals surface area contributed by atoms with Crippen LogP contribution in [0, 0.1) is 0 Å². The van der Waals surface area contributed by atoms with Crippen LogP contribution < -0.4 is 0 Å². The molecular formula is C13H18N4O2S. The first-order valence-electron chi connectivity index (χ1n) is 6.43. The maximum absolute atomic E-state index is 12.4. The molecule has 2 rings (SSSR count). The predicted octanol–water partition coefficient (Wildman–Crippen LogP) is 1.58. The molecule has 0 amide bonds. The first-order valence-corrected chi connectivity index (χ1v) is 7.87. The third kappa shape index (κ3) is 3.23. The summed E-state index contributed by atoms with van der Waals surface area (Å²) in [6.07, 6.45) is 3.35. The van der Waals surface area contributed by atoms with Gasteiger partial charge in [0.2, 0.25) is 10.0 Å². The van der Waals surface area contributed by atoms with Gasteiger partial charge in [0.1, 0.15) is 12.2 Å². The van der Waals surface area contributed by atoms with Gasteiger partial charge in [0.15, 0.2) is 0 Å². The molecule has 1 aromatic carbocycles. The minimum absolute atomic E-state index is 0.166. The maximum Gasteiger partial charge on any atom is 0.243 e. The number of H-pyrrole nitrogens is 1. The highest BCUT2D eigenvalue weighted by Crippen LogP contribution is 2.17. The second-order valence-corrected chi connectivity index (χ2v) is 6.63. The van der Waals surface area contributed by atoms with Gasteiger partial charge in [-0.05, 0) is 24.1 Å². The number of nitrogens with one attached hydrogen (secondary N) is 1. The van der Waals surface area contributed by atoms with Crippen molar-refractivity contribution in [2.24, 2.45) is 0 Å². The standard InChI is InChI=1S/C13H18N4O2S/c1-3-4-11-5-7-12(8-6-11)20(18,19)17(2)9-13-14-10-15-16-13/h5-8,10H,3-4,9H2,1-2H3,(H,14,15,16). The van der Waals surface area contributed by atoms with Crippen LogP contribution in [0.25, 0.3) is 0 Å². The summed E-state index contributed by atoms with van der Waals surface area (Å²) in [7, 11) is -1.98. The molecule has 0 aliphatic carbocycles. The molecule has 0 atom stereocenters. The summed E-state index contributed by atoms with van der Waals surface area (Å²) in [6, 6.07) is 7.02. The van der Waals surface area contributed by atoms with Crippen LogP contribution in [0.3, 0.4) is 0 Å². The number of aryl methyl sites for hydroxylation is 1. The summed E-state index contributed by atoms with van der Waals surface area (Å²) >= 11 is 0. The Kier molecular flexibility index (Phi) is 4.51. The van der Waals surface area contributed by atoms with E-state index in [-0.39, 0.29) is 6.54 Å². The fourth-order valence-electron chi connectivity index (χ4n) is 1.90. The number of aromatic amines is 1. The van der Waals surface area contributed by atoms with Gasteiger partial charge in [0.25, 0.3) is 0 Å². The number of sulfonamides is 1. The third-order valence-electron chi connectivity index (χ3n) is 3.01. The van der Waals surface area contributed by atoms with Crippen LogP contribution >= 0.6 is 0 Å². The number of hydrogen-bond acceptors (Lipinski definition) is 4. The average molecular weight is 294 g/mol. The van der Waals surface area contributed by atoms with E-state index in [1.54, 1.807) is 12.1 Å². The molecule has 20 heavy (non-hydrogen) atoms. The Labute approximate surface area is 118 Å². The van der Waals surface area contributed by atoms with E-state index < -0.39 is 10.0 Å². The molecule has 0 aliphatic heterocycles. The molecule has 1 heterocycles. The van der Waals surface area contributed by atoms with E-state index in [1.165, 1.54) is 17.7 Å². The third-order valence-corrected chi connectivity index (χ3v) is 4.83. The van der Waals surface area contributed by atoms with E-state index in [4.69, 9.17) is 0 Å². The molecule has 0 radical (unpaired) electrons. The Bertz CT molecular complexity index is 636. The van der Waals surface area contributed by atoms with Crippen LogP contribution in [0.15, 0.2) is 35.5 Å². The predicted molar refractivity (Wildman–Crippen MR) is 75.5 cm³/mol. The topological polar surface area (TPSA) is 79.0 Å².